The standard InChI is InChI=1S/C2H8NO5P/c3-1(2(4)5)9(6,7)8/h1-2,4-5H,3H2,(H2,6,7,8). The topological polar surface area (TPSA) is 124 Å². The lowest BCUT2D eigenvalue weighted by molar-refractivity contribution is -0.0447. The van der Waals surface area contributed by atoms with E-state index in [1.54, 1.807) is 0 Å². The molecule has 6 nitrogen and oxygen atoms in total. The molecule has 0 heterocycles. The van der Waals surface area contributed by atoms with Crippen LogP contribution in [0.5, 0.6) is 0 Å². The Morgan fingerprint density at radius 3 is 1.67 bits per heavy atom. The molecule has 0 aromatic heterocycles. The van der Waals surface area contributed by atoms with Crippen LogP contribution in [-0.2, 0) is 4.57 Å². The molecule has 0 radical (unpaired) electrons. The summed E-state index contributed by atoms with van der Waals surface area (Å²) in [5, 5.41) is 16.2. The zero-order valence-corrected chi connectivity index (χ0v) is 5.27. The van der Waals surface area contributed by atoms with Crippen LogP contribution in [0, 0.1) is 0 Å². The van der Waals surface area contributed by atoms with Gasteiger partial charge in [-0.3, -0.25) is 4.57 Å². The molecule has 6 N–H and O–H groups in total. The van der Waals surface area contributed by atoms with E-state index in [1.807, 2.05) is 0 Å². The molecule has 1 atom stereocenters. The van der Waals surface area contributed by atoms with Crippen molar-refractivity contribution < 1.29 is 24.6 Å². The Bertz CT molecular complexity index is 129. The molecule has 56 valence electrons. The van der Waals surface area contributed by atoms with Crippen LogP contribution in [0.1, 0.15) is 0 Å². The van der Waals surface area contributed by atoms with E-state index in [1.165, 1.54) is 0 Å². The molecule has 0 saturated heterocycles. The molecule has 0 bridgehead atoms. The normalized spacial score (nSPS) is 16.2. The lowest BCUT2D eigenvalue weighted by atomic mass is 10.7. The third-order valence-corrected chi connectivity index (χ3v) is 1.74. The van der Waals surface area contributed by atoms with Gasteiger partial charge >= 0.3 is 7.60 Å². The number of aliphatic hydroxyl groups is 2. The summed E-state index contributed by atoms with van der Waals surface area (Å²) < 4.78 is 10.0. The first kappa shape index (κ1) is 9.03. The largest absolute Gasteiger partial charge is 0.366 e. The van der Waals surface area contributed by atoms with E-state index < -0.39 is 19.7 Å². The van der Waals surface area contributed by atoms with E-state index in [0.717, 1.165) is 0 Å². The number of nitrogens with two attached hydrogens (primary N) is 1. The minimum Gasteiger partial charge on any atom is -0.366 e. The minimum absolute atomic E-state index is 1.91. The fraction of sp³-hybridized carbons (Fsp3) is 1.00. The van der Waals surface area contributed by atoms with E-state index in [9.17, 15) is 4.57 Å². The lowest BCUT2D eigenvalue weighted by Gasteiger charge is -2.13. The first-order valence-electron chi connectivity index (χ1n) is 2.02. The molecule has 7 heteroatoms. The third kappa shape index (κ3) is 2.90. The summed E-state index contributed by atoms with van der Waals surface area (Å²) in [5.41, 5.74) is 4.63. The van der Waals surface area contributed by atoms with Gasteiger partial charge in [-0.05, 0) is 0 Å². The van der Waals surface area contributed by atoms with E-state index in [0.29, 0.717) is 0 Å². The highest BCUT2D eigenvalue weighted by Gasteiger charge is 2.30. The van der Waals surface area contributed by atoms with E-state index in [4.69, 9.17) is 20.0 Å². The molecule has 0 aromatic carbocycles. The van der Waals surface area contributed by atoms with Gasteiger partial charge in [-0.15, -0.1) is 0 Å². The van der Waals surface area contributed by atoms with Gasteiger partial charge in [0.25, 0.3) is 0 Å². The summed E-state index contributed by atoms with van der Waals surface area (Å²) in [7, 11) is -4.54. The van der Waals surface area contributed by atoms with Gasteiger partial charge in [-0.25, -0.2) is 0 Å². The minimum atomic E-state index is -4.54. The van der Waals surface area contributed by atoms with Crippen molar-refractivity contribution in [3.8, 4) is 0 Å². The predicted octanol–water partition coefficient (Wildman–Crippen LogP) is -2.24. The molecule has 0 amide bonds. The molecular weight excluding hydrogens is 149 g/mol. The Morgan fingerprint density at radius 2 is 1.67 bits per heavy atom. The van der Waals surface area contributed by atoms with Crippen LogP contribution in [-0.4, -0.2) is 32.1 Å². The molecule has 0 aromatic rings. The van der Waals surface area contributed by atoms with Crippen molar-refractivity contribution in [1.29, 1.82) is 0 Å². The van der Waals surface area contributed by atoms with Crippen LogP contribution in [0.25, 0.3) is 0 Å². The zero-order valence-electron chi connectivity index (χ0n) is 4.38. The van der Waals surface area contributed by atoms with Crippen molar-refractivity contribution in [1.82, 2.24) is 0 Å². The molecule has 0 rings (SSSR count). The average Bonchev–Trinajstić information content (AvgIpc) is 1.62. The quantitative estimate of drug-likeness (QED) is 0.228. The Labute approximate surface area is 51.1 Å². The molecule has 0 aliphatic heterocycles. The van der Waals surface area contributed by atoms with E-state index in [2.05, 4.69) is 5.73 Å². The number of rotatable bonds is 2. The SMILES string of the molecule is NC(C(O)O)P(=O)(O)O. The third-order valence-electron chi connectivity index (χ3n) is 0.694. The summed E-state index contributed by atoms with van der Waals surface area (Å²) in [6.45, 7) is 0. The van der Waals surface area contributed by atoms with Crippen LogP contribution in [0.2, 0.25) is 0 Å². The second-order valence-corrected chi connectivity index (χ2v) is 3.27. The summed E-state index contributed by atoms with van der Waals surface area (Å²) >= 11 is 0. The van der Waals surface area contributed by atoms with Crippen molar-refractivity contribution in [2.45, 2.75) is 12.1 Å². The molecular formula is C2H8NO5P. The Balaban J connectivity index is 4.05. The van der Waals surface area contributed by atoms with Gasteiger partial charge in [0.05, 0.1) is 0 Å². The highest BCUT2D eigenvalue weighted by molar-refractivity contribution is 7.52. The maximum absolute atomic E-state index is 10.0. The molecule has 0 fully saturated rings. The fourth-order valence-corrected chi connectivity index (χ4v) is 0.521. The predicted molar refractivity (Wildman–Crippen MR) is 28.2 cm³/mol. The zero-order chi connectivity index (χ0) is 7.65. The van der Waals surface area contributed by atoms with Gasteiger partial charge in [-0.1, -0.05) is 0 Å². The van der Waals surface area contributed by atoms with Crippen molar-refractivity contribution in [2.24, 2.45) is 5.73 Å². The van der Waals surface area contributed by atoms with E-state index in [-0.39, 0.29) is 0 Å². The average molecular weight is 157 g/mol. The van der Waals surface area contributed by atoms with Crippen LogP contribution in [0.3, 0.4) is 0 Å². The van der Waals surface area contributed by atoms with Crippen LogP contribution in [0.15, 0.2) is 0 Å². The molecule has 0 aliphatic rings. The lowest BCUT2D eigenvalue weighted by Crippen LogP contribution is -2.33. The van der Waals surface area contributed by atoms with E-state index >= 15 is 0 Å². The molecule has 0 aliphatic carbocycles. The van der Waals surface area contributed by atoms with Crippen LogP contribution < -0.4 is 5.73 Å². The molecule has 9 heavy (non-hydrogen) atoms. The first-order chi connectivity index (χ1) is 3.85. The number of aliphatic hydroxyl groups excluding tert-OH is 1. The van der Waals surface area contributed by atoms with Crippen LogP contribution in [0.4, 0.5) is 0 Å². The maximum Gasteiger partial charge on any atom is 0.347 e. The molecule has 0 saturated carbocycles. The first-order valence-corrected chi connectivity index (χ1v) is 3.71. The van der Waals surface area contributed by atoms with Gasteiger partial charge in [0.2, 0.25) is 0 Å². The summed E-state index contributed by atoms with van der Waals surface area (Å²) in [5.74, 6) is -1.91. The van der Waals surface area contributed by atoms with Gasteiger partial charge in [0.1, 0.15) is 0 Å². The Hall–Kier alpha value is 0.0300. The van der Waals surface area contributed by atoms with Crippen molar-refractivity contribution in [3.05, 3.63) is 0 Å². The van der Waals surface area contributed by atoms with Gasteiger partial charge in [0.15, 0.2) is 12.1 Å². The Kier molecular flexibility index (Phi) is 2.75. The van der Waals surface area contributed by atoms with Gasteiger partial charge in [0, 0.05) is 0 Å². The summed E-state index contributed by atoms with van der Waals surface area (Å²) in [4.78, 5) is 16.2. The smallest absolute Gasteiger partial charge is 0.347 e. The van der Waals surface area contributed by atoms with Crippen molar-refractivity contribution in [3.63, 3.8) is 0 Å². The summed E-state index contributed by atoms with van der Waals surface area (Å²) in [6.07, 6.45) is -2.18. The van der Waals surface area contributed by atoms with Crippen LogP contribution >= 0.6 is 7.60 Å². The highest BCUT2D eigenvalue weighted by Crippen LogP contribution is 2.38. The monoisotopic (exact) mass is 157 g/mol. The highest BCUT2D eigenvalue weighted by atomic mass is 31.2. The molecule has 0 spiro atoms. The fourth-order valence-electron chi connectivity index (χ4n) is 0.174. The second-order valence-electron chi connectivity index (χ2n) is 1.49. The summed E-state index contributed by atoms with van der Waals surface area (Å²) in [6, 6.07) is 0. The maximum atomic E-state index is 10.0. The Morgan fingerprint density at radius 1 is 1.33 bits per heavy atom. The van der Waals surface area contributed by atoms with Crippen molar-refractivity contribution in [2.75, 3.05) is 0 Å². The number of hydrogen-bond acceptors (Lipinski definition) is 4. The second kappa shape index (κ2) is 2.74. The number of hydrogen-bond donors (Lipinski definition) is 5. The van der Waals surface area contributed by atoms with Gasteiger partial charge in [-0.2, -0.15) is 0 Å². The van der Waals surface area contributed by atoms with Crippen molar-refractivity contribution >= 4 is 7.60 Å². The van der Waals surface area contributed by atoms with Gasteiger partial charge < -0.3 is 25.7 Å². The molecule has 1 unspecified atom stereocenters.